The molecule has 0 atom stereocenters. The molecule has 82 valence electrons. The lowest BCUT2D eigenvalue weighted by atomic mass is 10.0. The van der Waals surface area contributed by atoms with Crippen molar-refractivity contribution in [2.45, 2.75) is 38.6 Å². The Morgan fingerprint density at radius 2 is 2.20 bits per heavy atom. The number of carbonyl (C=O) groups is 1. The van der Waals surface area contributed by atoms with Crippen LogP contribution < -0.4 is 0 Å². The van der Waals surface area contributed by atoms with E-state index in [-0.39, 0.29) is 6.54 Å². The van der Waals surface area contributed by atoms with E-state index in [2.05, 4.69) is 15.5 Å². The molecule has 1 heterocycles. The summed E-state index contributed by atoms with van der Waals surface area (Å²) < 4.78 is 1.38. The lowest BCUT2D eigenvalue weighted by molar-refractivity contribution is -0.138. The third-order valence-electron chi connectivity index (χ3n) is 2.84. The highest BCUT2D eigenvalue weighted by atomic mass is 16.4. The normalized spacial score (nSPS) is 17.1. The first-order valence-corrected chi connectivity index (χ1v) is 5.22. The maximum atomic E-state index is 10.5. The van der Waals surface area contributed by atoms with Gasteiger partial charge in [-0.25, -0.2) is 4.68 Å². The van der Waals surface area contributed by atoms with Crippen LogP contribution in [0.4, 0.5) is 0 Å². The van der Waals surface area contributed by atoms with Crippen LogP contribution >= 0.6 is 0 Å². The lowest BCUT2D eigenvalue weighted by Gasteiger charge is -2.07. The molecule has 0 radical (unpaired) electrons. The van der Waals surface area contributed by atoms with Gasteiger partial charge in [0.25, 0.3) is 0 Å². The van der Waals surface area contributed by atoms with Gasteiger partial charge in [0, 0.05) is 6.42 Å². The van der Waals surface area contributed by atoms with Gasteiger partial charge in [-0.3, -0.25) is 4.79 Å². The van der Waals surface area contributed by atoms with Gasteiger partial charge in [0.05, 0.1) is 0 Å². The fraction of sp³-hybridized carbons (Fsp3) is 0.778. The van der Waals surface area contributed by atoms with Gasteiger partial charge >= 0.3 is 5.97 Å². The summed E-state index contributed by atoms with van der Waals surface area (Å²) in [5.74, 6) is 0.419. The minimum absolute atomic E-state index is 0.144. The molecule has 15 heavy (non-hydrogen) atoms. The Labute approximate surface area is 87.3 Å². The first-order chi connectivity index (χ1) is 7.25. The van der Waals surface area contributed by atoms with Crippen LogP contribution in [0.5, 0.6) is 0 Å². The molecule has 1 aliphatic rings. The maximum Gasteiger partial charge on any atom is 0.325 e. The molecule has 1 aromatic rings. The quantitative estimate of drug-likeness (QED) is 0.782. The van der Waals surface area contributed by atoms with Gasteiger partial charge in [-0.05, 0) is 16.3 Å². The summed E-state index contributed by atoms with van der Waals surface area (Å²) in [5.41, 5.74) is 0. The van der Waals surface area contributed by atoms with Crippen LogP contribution in [0.3, 0.4) is 0 Å². The predicted molar refractivity (Wildman–Crippen MR) is 51.1 cm³/mol. The SMILES string of the molecule is O=C(O)Cn1nnnc1CC1CCCC1. The number of tetrazole rings is 1. The summed E-state index contributed by atoms with van der Waals surface area (Å²) in [6.45, 7) is -0.144. The van der Waals surface area contributed by atoms with Crippen molar-refractivity contribution < 1.29 is 9.90 Å². The highest BCUT2D eigenvalue weighted by molar-refractivity contribution is 5.66. The van der Waals surface area contributed by atoms with Crippen molar-refractivity contribution in [2.24, 2.45) is 5.92 Å². The summed E-state index contributed by atoms with van der Waals surface area (Å²) in [6.07, 6.45) is 5.76. The van der Waals surface area contributed by atoms with Crippen LogP contribution in [0.1, 0.15) is 31.5 Å². The first kappa shape index (κ1) is 10.1. The molecule has 2 rings (SSSR count). The summed E-state index contributed by atoms with van der Waals surface area (Å²) in [6, 6.07) is 0. The van der Waals surface area contributed by atoms with E-state index in [4.69, 9.17) is 5.11 Å². The zero-order chi connectivity index (χ0) is 10.7. The molecule has 6 heteroatoms. The standard InChI is InChI=1S/C9H14N4O2/c14-9(15)6-13-8(10-11-12-13)5-7-3-1-2-4-7/h7H,1-6H2,(H,14,15). The van der Waals surface area contributed by atoms with Crippen molar-refractivity contribution in [1.82, 2.24) is 20.2 Å². The Hall–Kier alpha value is -1.46. The fourth-order valence-electron chi connectivity index (χ4n) is 2.09. The minimum Gasteiger partial charge on any atom is -0.480 e. The second-order valence-corrected chi connectivity index (χ2v) is 4.00. The molecule has 1 aliphatic carbocycles. The molecule has 0 aliphatic heterocycles. The van der Waals surface area contributed by atoms with Crippen molar-refractivity contribution in [1.29, 1.82) is 0 Å². The van der Waals surface area contributed by atoms with Crippen LogP contribution in [0, 0.1) is 5.92 Å². The van der Waals surface area contributed by atoms with Crippen LogP contribution in [-0.4, -0.2) is 31.3 Å². The van der Waals surface area contributed by atoms with E-state index in [0.717, 1.165) is 6.42 Å². The Kier molecular flexibility index (Phi) is 2.94. The molecule has 0 aromatic carbocycles. The summed E-state index contributed by atoms with van der Waals surface area (Å²) >= 11 is 0. The van der Waals surface area contributed by atoms with Crippen molar-refractivity contribution >= 4 is 5.97 Å². The maximum absolute atomic E-state index is 10.5. The van der Waals surface area contributed by atoms with E-state index in [1.54, 1.807) is 0 Å². The molecule has 0 bridgehead atoms. The summed E-state index contributed by atoms with van der Waals surface area (Å²) in [5, 5.41) is 19.7. The Bertz CT molecular complexity index is 344. The Balaban J connectivity index is 2.00. The van der Waals surface area contributed by atoms with E-state index < -0.39 is 5.97 Å². The topological polar surface area (TPSA) is 80.9 Å². The Morgan fingerprint density at radius 3 is 2.87 bits per heavy atom. The number of carboxylic acids is 1. The van der Waals surface area contributed by atoms with E-state index in [1.165, 1.54) is 30.4 Å². The van der Waals surface area contributed by atoms with Crippen LogP contribution in [-0.2, 0) is 17.8 Å². The molecule has 1 N–H and O–H groups in total. The van der Waals surface area contributed by atoms with Gasteiger partial charge in [0.1, 0.15) is 6.54 Å². The zero-order valence-corrected chi connectivity index (χ0v) is 8.46. The minimum atomic E-state index is -0.907. The third kappa shape index (κ3) is 2.51. The average molecular weight is 210 g/mol. The van der Waals surface area contributed by atoms with Crippen molar-refractivity contribution in [2.75, 3.05) is 0 Å². The van der Waals surface area contributed by atoms with Crippen molar-refractivity contribution in [3.05, 3.63) is 5.82 Å². The van der Waals surface area contributed by atoms with Gasteiger partial charge in [-0.2, -0.15) is 0 Å². The number of aliphatic carboxylic acids is 1. The fourth-order valence-corrected chi connectivity index (χ4v) is 2.09. The molecule has 1 saturated carbocycles. The monoisotopic (exact) mass is 210 g/mol. The summed E-state index contributed by atoms with van der Waals surface area (Å²) in [4.78, 5) is 10.5. The predicted octanol–water partition coefficient (Wildman–Crippen LogP) is 0.490. The van der Waals surface area contributed by atoms with E-state index >= 15 is 0 Å². The Morgan fingerprint density at radius 1 is 1.47 bits per heavy atom. The molecule has 1 fully saturated rings. The van der Waals surface area contributed by atoms with E-state index in [1.807, 2.05) is 0 Å². The third-order valence-corrected chi connectivity index (χ3v) is 2.84. The van der Waals surface area contributed by atoms with Crippen molar-refractivity contribution in [3.63, 3.8) is 0 Å². The number of hydrogen-bond donors (Lipinski definition) is 1. The molecule has 0 spiro atoms. The molecule has 6 nitrogen and oxygen atoms in total. The summed E-state index contributed by atoms with van der Waals surface area (Å²) in [7, 11) is 0. The second kappa shape index (κ2) is 4.37. The smallest absolute Gasteiger partial charge is 0.325 e. The van der Waals surface area contributed by atoms with Crippen LogP contribution in [0.2, 0.25) is 0 Å². The highest BCUT2D eigenvalue weighted by Gasteiger charge is 2.19. The largest absolute Gasteiger partial charge is 0.480 e. The van der Waals surface area contributed by atoms with Gasteiger partial charge in [-0.15, -0.1) is 5.10 Å². The number of carboxylic acid groups (broad SMARTS) is 1. The number of hydrogen-bond acceptors (Lipinski definition) is 4. The van der Waals surface area contributed by atoms with Gasteiger partial charge in [-0.1, -0.05) is 25.7 Å². The molecule has 0 saturated heterocycles. The molecular weight excluding hydrogens is 196 g/mol. The van der Waals surface area contributed by atoms with Gasteiger partial charge in [0.2, 0.25) is 0 Å². The van der Waals surface area contributed by atoms with E-state index in [0.29, 0.717) is 11.7 Å². The number of nitrogens with zero attached hydrogens (tertiary/aromatic N) is 4. The van der Waals surface area contributed by atoms with Crippen molar-refractivity contribution in [3.8, 4) is 0 Å². The van der Waals surface area contributed by atoms with Gasteiger partial charge in [0.15, 0.2) is 5.82 Å². The molecule has 0 unspecified atom stereocenters. The zero-order valence-electron chi connectivity index (χ0n) is 8.46. The molecule has 1 aromatic heterocycles. The van der Waals surface area contributed by atoms with E-state index in [9.17, 15) is 4.79 Å². The molecular formula is C9H14N4O2. The van der Waals surface area contributed by atoms with Gasteiger partial charge < -0.3 is 5.11 Å². The first-order valence-electron chi connectivity index (χ1n) is 5.22. The average Bonchev–Trinajstić information content (AvgIpc) is 2.78. The highest BCUT2D eigenvalue weighted by Crippen LogP contribution is 2.27. The lowest BCUT2D eigenvalue weighted by Crippen LogP contribution is -2.15. The molecule has 0 amide bonds. The second-order valence-electron chi connectivity index (χ2n) is 4.00. The number of aromatic nitrogens is 4. The number of rotatable bonds is 4. The van der Waals surface area contributed by atoms with Crippen LogP contribution in [0.25, 0.3) is 0 Å². The van der Waals surface area contributed by atoms with Crippen LogP contribution in [0.15, 0.2) is 0 Å².